The Morgan fingerprint density at radius 2 is 2.05 bits per heavy atom. The van der Waals surface area contributed by atoms with E-state index in [0.29, 0.717) is 19.6 Å². The number of hydrogen-bond acceptors (Lipinski definition) is 2. The Hall–Kier alpha value is -1.78. The third kappa shape index (κ3) is 3.21. The van der Waals surface area contributed by atoms with Gasteiger partial charge in [-0.1, -0.05) is 20.8 Å². The van der Waals surface area contributed by atoms with Crippen molar-refractivity contribution in [3.05, 3.63) is 24.5 Å². The van der Waals surface area contributed by atoms with Crippen LogP contribution in [0.3, 0.4) is 0 Å². The summed E-state index contributed by atoms with van der Waals surface area (Å²) in [7, 11) is 0. The Morgan fingerprint density at radius 3 is 2.65 bits per heavy atom. The van der Waals surface area contributed by atoms with Crippen molar-refractivity contribution < 1.29 is 9.59 Å². The number of aromatic nitrogens is 1. The van der Waals surface area contributed by atoms with Gasteiger partial charge in [-0.2, -0.15) is 0 Å². The topological polar surface area (TPSA) is 63.1 Å². The van der Waals surface area contributed by atoms with Crippen LogP contribution in [0.25, 0.3) is 0 Å². The molecule has 1 aromatic rings. The van der Waals surface area contributed by atoms with E-state index in [1.54, 1.807) is 0 Å². The average Bonchev–Trinajstić information content (AvgIpc) is 2.97. The van der Waals surface area contributed by atoms with Gasteiger partial charge in [0.2, 0.25) is 11.8 Å². The quantitative estimate of drug-likeness (QED) is 0.807. The summed E-state index contributed by atoms with van der Waals surface area (Å²) in [5.74, 6) is -0.836. The molecule has 2 atom stereocenters. The second-order valence-electron chi connectivity index (χ2n) is 6.41. The third-order valence-electron chi connectivity index (χ3n) is 3.91. The smallest absolute Gasteiger partial charge is 0.233 e. The lowest BCUT2D eigenvalue weighted by Crippen LogP contribution is -2.41. The normalized spacial score (nSPS) is 22.6. The van der Waals surface area contributed by atoms with Gasteiger partial charge in [-0.15, -0.1) is 0 Å². The molecule has 0 saturated carbocycles. The van der Waals surface area contributed by atoms with Crippen LogP contribution in [0.1, 0.15) is 20.8 Å². The maximum Gasteiger partial charge on any atom is 0.233 e. The molecule has 0 aliphatic carbocycles. The van der Waals surface area contributed by atoms with Crippen LogP contribution in [0.15, 0.2) is 24.5 Å². The van der Waals surface area contributed by atoms with Crippen LogP contribution in [0.2, 0.25) is 0 Å². The van der Waals surface area contributed by atoms with Crippen LogP contribution in [-0.2, 0) is 16.1 Å². The summed E-state index contributed by atoms with van der Waals surface area (Å²) >= 11 is 0. The zero-order chi connectivity index (χ0) is 14.8. The Balaban J connectivity index is 1.91. The average molecular weight is 277 g/mol. The van der Waals surface area contributed by atoms with Crippen LogP contribution in [-0.4, -0.2) is 29.5 Å². The van der Waals surface area contributed by atoms with Crippen LogP contribution in [0.4, 0.5) is 0 Å². The van der Waals surface area contributed by atoms with E-state index >= 15 is 0 Å². The minimum atomic E-state index is -0.570. The molecule has 20 heavy (non-hydrogen) atoms. The highest BCUT2D eigenvalue weighted by Gasteiger charge is 2.45. The van der Waals surface area contributed by atoms with Gasteiger partial charge in [0.1, 0.15) is 5.92 Å². The standard InChI is InChI=1S/C15H23N3O2/c1-15(2,3)11-10-17-14(20)12(11)13(19)16-6-9-18-7-4-5-8-18/h4-5,7-8,11-12H,6,9-10H2,1-3H3,(H,16,19)(H,17,20)/t11-,12-/m0/s1. The van der Waals surface area contributed by atoms with Gasteiger partial charge >= 0.3 is 0 Å². The first kappa shape index (κ1) is 14.6. The molecule has 2 N–H and O–H groups in total. The Morgan fingerprint density at radius 1 is 1.40 bits per heavy atom. The van der Waals surface area contributed by atoms with Gasteiger partial charge in [0, 0.05) is 37.9 Å². The minimum Gasteiger partial charge on any atom is -0.355 e. The molecule has 0 spiro atoms. The van der Waals surface area contributed by atoms with Crippen molar-refractivity contribution in [2.24, 2.45) is 17.3 Å². The highest BCUT2D eigenvalue weighted by Crippen LogP contribution is 2.35. The van der Waals surface area contributed by atoms with Gasteiger partial charge in [0.05, 0.1) is 0 Å². The van der Waals surface area contributed by atoms with E-state index in [2.05, 4.69) is 31.4 Å². The summed E-state index contributed by atoms with van der Waals surface area (Å²) in [6.45, 7) is 8.04. The van der Waals surface area contributed by atoms with E-state index in [1.807, 2.05) is 29.1 Å². The number of nitrogens with one attached hydrogen (secondary N) is 2. The third-order valence-corrected chi connectivity index (χ3v) is 3.91. The molecule has 0 aromatic carbocycles. The maximum atomic E-state index is 12.3. The van der Waals surface area contributed by atoms with Gasteiger partial charge in [-0.05, 0) is 17.5 Å². The van der Waals surface area contributed by atoms with Gasteiger partial charge in [-0.3, -0.25) is 9.59 Å². The Bertz CT molecular complexity index is 474. The molecule has 2 rings (SSSR count). The molecule has 1 fully saturated rings. The zero-order valence-corrected chi connectivity index (χ0v) is 12.3. The van der Waals surface area contributed by atoms with Crippen molar-refractivity contribution in [2.75, 3.05) is 13.1 Å². The van der Waals surface area contributed by atoms with Gasteiger partial charge in [0.25, 0.3) is 0 Å². The number of hydrogen-bond donors (Lipinski definition) is 2. The first-order valence-corrected chi connectivity index (χ1v) is 7.06. The van der Waals surface area contributed by atoms with E-state index in [1.165, 1.54) is 0 Å². The monoisotopic (exact) mass is 277 g/mol. The fourth-order valence-electron chi connectivity index (χ4n) is 2.67. The van der Waals surface area contributed by atoms with Crippen molar-refractivity contribution in [3.8, 4) is 0 Å². The first-order chi connectivity index (χ1) is 9.39. The second kappa shape index (κ2) is 5.69. The van der Waals surface area contributed by atoms with Crippen LogP contribution < -0.4 is 10.6 Å². The van der Waals surface area contributed by atoms with Crippen molar-refractivity contribution in [3.63, 3.8) is 0 Å². The molecule has 1 aromatic heterocycles. The summed E-state index contributed by atoms with van der Waals surface area (Å²) in [4.78, 5) is 24.1. The molecular weight excluding hydrogens is 254 g/mol. The summed E-state index contributed by atoms with van der Waals surface area (Å²) < 4.78 is 2.00. The molecule has 0 unspecified atom stereocenters. The first-order valence-electron chi connectivity index (χ1n) is 7.06. The van der Waals surface area contributed by atoms with E-state index in [-0.39, 0.29) is 23.1 Å². The fourth-order valence-corrected chi connectivity index (χ4v) is 2.67. The van der Waals surface area contributed by atoms with Gasteiger partial charge < -0.3 is 15.2 Å². The number of rotatable bonds is 4. The number of nitrogens with zero attached hydrogens (tertiary/aromatic N) is 1. The molecule has 5 heteroatoms. The lowest BCUT2D eigenvalue weighted by Gasteiger charge is -2.29. The SMILES string of the molecule is CC(C)(C)[C@H]1CNC(=O)[C@@H]1C(=O)NCCn1cccc1. The highest BCUT2D eigenvalue weighted by atomic mass is 16.2. The maximum absolute atomic E-state index is 12.3. The van der Waals surface area contributed by atoms with E-state index in [0.717, 1.165) is 0 Å². The number of amides is 2. The molecule has 1 aliphatic heterocycles. The second-order valence-corrected chi connectivity index (χ2v) is 6.41. The summed E-state index contributed by atoms with van der Waals surface area (Å²) in [6.07, 6.45) is 3.90. The Labute approximate surface area is 119 Å². The molecule has 0 bridgehead atoms. The van der Waals surface area contributed by atoms with Crippen LogP contribution in [0.5, 0.6) is 0 Å². The molecule has 5 nitrogen and oxygen atoms in total. The Kier molecular flexibility index (Phi) is 4.16. The molecule has 110 valence electrons. The molecule has 1 saturated heterocycles. The van der Waals surface area contributed by atoms with Crippen LogP contribution >= 0.6 is 0 Å². The van der Waals surface area contributed by atoms with E-state index < -0.39 is 5.92 Å². The molecule has 1 aliphatic rings. The van der Waals surface area contributed by atoms with E-state index in [9.17, 15) is 9.59 Å². The fraction of sp³-hybridized carbons (Fsp3) is 0.600. The largest absolute Gasteiger partial charge is 0.355 e. The molecular formula is C15H23N3O2. The zero-order valence-electron chi connectivity index (χ0n) is 12.3. The van der Waals surface area contributed by atoms with Crippen molar-refractivity contribution in [1.29, 1.82) is 0 Å². The highest BCUT2D eigenvalue weighted by molar-refractivity contribution is 6.02. The van der Waals surface area contributed by atoms with E-state index in [4.69, 9.17) is 0 Å². The predicted octanol–water partition coefficient (Wildman–Crippen LogP) is 1.01. The van der Waals surface area contributed by atoms with Crippen LogP contribution in [0, 0.1) is 17.3 Å². The summed E-state index contributed by atoms with van der Waals surface area (Å²) in [6, 6.07) is 3.89. The minimum absolute atomic E-state index is 0.0431. The van der Waals surface area contributed by atoms with Gasteiger partial charge in [0.15, 0.2) is 0 Å². The molecule has 2 heterocycles. The number of carbonyl (C=O) groups is 2. The molecule has 0 radical (unpaired) electrons. The molecule has 2 amide bonds. The lowest BCUT2D eigenvalue weighted by molar-refractivity contribution is -0.135. The predicted molar refractivity (Wildman–Crippen MR) is 76.9 cm³/mol. The number of carbonyl (C=O) groups excluding carboxylic acids is 2. The van der Waals surface area contributed by atoms with Gasteiger partial charge in [-0.25, -0.2) is 0 Å². The lowest BCUT2D eigenvalue weighted by atomic mass is 9.74. The van der Waals surface area contributed by atoms with Crippen molar-refractivity contribution in [1.82, 2.24) is 15.2 Å². The summed E-state index contributed by atoms with van der Waals surface area (Å²) in [5.41, 5.74) is -0.0679. The summed E-state index contributed by atoms with van der Waals surface area (Å²) in [5, 5.41) is 5.68. The van der Waals surface area contributed by atoms with Crippen molar-refractivity contribution in [2.45, 2.75) is 27.3 Å². The van der Waals surface area contributed by atoms with Crippen molar-refractivity contribution >= 4 is 11.8 Å².